The van der Waals surface area contributed by atoms with E-state index in [4.69, 9.17) is 4.18 Å². The molecule has 0 aromatic heterocycles. The van der Waals surface area contributed by atoms with Crippen LogP contribution >= 0.6 is 10.3 Å². The molecular weight excluding hydrogens is 460 g/mol. The minimum absolute atomic E-state index is 0.130. The Labute approximate surface area is 206 Å². The maximum Gasteiger partial charge on any atom is 0.323 e. The van der Waals surface area contributed by atoms with E-state index in [2.05, 4.69) is 0 Å². The number of benzene rings is 3. The van der Waals surface area contributed by atoms with E-state index in [0.717, 1.165) is 33.9 Å². The van der Waals surface area contributed by atoms with E-state index in [-0.39, 0.29) is 23.2 Å². The molecule has 35 heavy (non-hydrogen) atoms. The second kappa shape index (κ2) is 8.23. The molecule has 5 nitrogen and oxygen atoms in total. The summed E-state index contributed by atoms with van der Waals surface area (Å²) in [5.74, 6) is 2.07. The molecular formula is C29H30O5S. The molecule has 0 heterocycles. The Morgan fingerprint density at radius 2 is 0.943 bits per heavy atom. The van der Waals surface area contributed by atoms with Gasteiger partial charge in [-0.15, -0.1) is 0 Å². The number of phenolic OH excluding ortho intramolecular Hbond substituents is 3. The molecule has 4 bridgehead atoms. The average Bonchev–Trinajstić information content (AvgIpc) is 2.83. The lowest BCUT2D eigenvalue weighted by atomic mass is 9.49. The number of phenols is 3. The van der Waals surface area contributed by atoms with E-state index < -0.39 is 15.7 Å². The van der Waals surface area contributed by atoms with E-state index in [9.17, 15) is 20.1 Å². The Balaban J connectivity index is 1.52. The summed E-state index contributed by atoms with van der Waals surface area (Å²) in [6.07, 6.45) is 6.39. The first-order valence-corrected chi connectivity index (χ1v) is 13.9. The fraction of sp³-hybridized carbons (Fsp3) is 0.345. The second-order valence-corrected chi connectivity index (χ2v) is 13.3. The lowest BCUT2D eigenvalue weighted by Gasteiger charge is -2.56. The van der Waals surface area contributed by atoms with E-state index >= 15 is 0 Å². The quantitative estimate of drug-likeness (QED) is 0.368. The van der Waals surface area contributed by atoms with Gasteiger partial charge in [-0.05, 0) is 139 Å². The number of hydrogen-bond acceptors (Lipinski definition) is 5. The monoisotopic (exact) mass is 490 g/mol. The van der Waals surface area contributed by atoms with Crippen molar-refractivity contribution in [3.05, 3.63) is 72.8 Å². The summed E-state index contributed by atoms with van der Waals surface area (Å²) in [5.41, 5.74) is -0.447. The van der Waals surface area contributed by atoms with E-state index in [0.29, 0.717) is 17.8 Å². The molecule has 0 aliphatic heterocycles. The summed E-state index contributed by atoms with van der Waals surface area (Å²) in [5, 5.41) is 30.0. The third-order valence-corrected chi connectivity index (χ3v) is 11.4. The number of aromatic hydroxyl groups is 3. The van der Waals surface area contributed by atoms with Gasteiger partial charge in [-0.25, -0.2) is 0 Å². The molecule has 4 fully saturated rings. The highest BCUT2D eigenvalue weighted by molar-refractivity contribution is 8.30. The van der Waals surface area contributed by atoms with Crippen LogP contribution in [0.5, 0.6) is 17.2 Å². The Morgan fingerprint density at radius 3 is 1.26 bits per heavy atom. The first-order chi connectivity index (χ1) is 16.9. The van der Waals surface area contributed by atoms with E-state index in [1.165, 1.54) is 19.3 Å². The SMILES string of the molecule is O=C(OS(c1ccc(O)cc1)(c1ccc(O)cc1)c1ccc(O)cc1)C12CC3CC(CC(C3)C1)C2. The lowest BCUT2D eigenvalue weighted by molar-refractivity contribution is -0.160. The summed E-state index contributed by atoms with van der Waals surface area (Å²) in [4.78, 5) is 16.6. The summed E-state index contributed by atoms with van der Waals surface area (Å²) in [7, 11) is -2.56. The highest BCUT2D eigenvalue weighted by Gasteiger charge is 2.57. The van der Waals surface area contributed by atoms with Crippen molar-refractivity contribution in [2.24, 2.45) is 23.2 Å². The van der Waals surface area contributed by atoms with Gasteiger partial charge in [-0.2, -0.15) is 0 Å². The molecule has 3 aromatic rings. The summed E-state index contributed by atoms with van der Waals surface area (Å²) < 4.78 is 6.80. The van der Waals surface area contributed by atoms with Gasteiger partial charge in [0.1, 0.15) is 17.2 Å². The van der Waals surface area contributed by atoms with Gasteiger partial charge in [0, 0.05) is 14.7 Å². The van der Waals surface area contributed by atoms with E-state index in [1.807, 2.05) is 0 Å². The number of carbonyl (C=O) groups excluding carboxylic acids is 1. The predicted octanol–water partition coefficient (Wildman–Crippen LogP) is 6.76. The van der Waals surface area contributed by atoms with Gasteiger partial charge in [-0.1, -0.05) is 0 Å². The molecule has 0 saturated heterocycles. The van der Waals surface area contributed by atoms with Gasteiger partial charge in [0.2, 0.25) is 0 Å². The number of rotatable bonds is 5. The molecule has 0 unspecified atom stereocenters. The van der Waals surface area contributed by atoms with Crippen LogP contribution < -0.4 is 0 Å². The predicted molar refractivity (Wildman–Crippen MR) is 133 cm³/mol. The molecule has 4 aliphatic rings. The van der Waals surface area contributed by atoms with Crippen molar-refractivity contribution >= 4 is 16.3 Å². The zero-order valence-electron chi connectivity index (χ0n) is 19.5. The highest BCUT2D eigenvalue weighted by Crippen LogP contribution is 2.71. The molecule has 3 N–H and O–H groups in total. The Kier molecular flexibility index (Phi) is 5.26. The van der Waals surface area contributed by atoms with Crippen LogP contribution in [0, 0.1) is 23.2 Å². The maximum absolute atomic E-state index is 14.3. The summed E-state index contributed by atoms with van der Waals surface area (Å²) in [6.45, 7) is 0. The zero-order valence-corrected chi connectivity index (χ0v) is 20.3. The van der Waals surface area contributed by atoms with Crippen molar-refractivity contribution in [2.45, 2.75) is 53.2 Å². The molecule has 3 aromatic carbocycles. The molecule has 0 radical (unpaired) electrons. The third-order valence-electron chi connectivity index (χ3n) is 8.18. The summed E-state index contributed by atoms with van der Waals surface area (Å²) in [6, 6.07) is 20.5. The van der Waals surface area contributed by atoms with Crippen LogP contribution in [0.1, 0.15) is 38.5 Å². The van der Waals surface area contributed by atoms with Gasteiger partial charge >= 0.3 is 5.97 Å². The topological polar surface area (TPSA) is 87.0 Å². The van der Waals surface area contributed by atoms with Crippen LogP contribution in [0.2, 0.25) is 0 Å². The lowest BCUT2D eigenvalue weighted by Crippen LogP contribution is -2.50. The normalized spacial score (nSPS) is 27.5. The van der Waals surface area contributed by atoms with E-state index in [1.54, 1.807) is 72.8 Å². The van der Waals surface area contributed by atoms with Gasteiger partial charge in [0.05, 0.1) is 5.41 Å². The fourth-order valence-corrected chi connectivity index (χ4v) is 10.1. The molecule has 7 rings (SSSR count). The second-order valence-electron chi connectivity index (χ2n) is 10.6. The molecule has 182 valence electrons. The molecule has 4 aliphatic carbocycles. The smallest absolute Gasteiger partial charge is 0.323 e. The third kappa shape index (κ3) is 3.75. The first-order valence-electron chi connectivity index (χ1n) is 12.3. The van der Waals surface area contributed by atoms with Crippen molar-refractivity contribution in [1.82, 2.24) is 0 Å². The number of hydrogen-bond donors (Lipinski definition) is 3. The summed E-state index contributed by atoms with van der Waals surface area (Å²) >= 11 is 0. The molecule has 6 heteroatoms. The van der Waals surface area contributed by atoms with Gasteiger partial charge < -0.3 is 19.5 Å². The van der Waals surface area contributed by atoms with Crippen LogP contribution in [-0.2, 0) is 8.98 Å². The molecule has 0 atom stereocenters. The standard InChI is InChI=1S/C29H30O5S/c30-22-1-7-25(8-2-22)35(26-9-3-23(31)4-10-26,27-11-5-24(32)6-12-27)34-28(33)29-16-19-13-20(17-29)15-21(14-19)18-29/h1-12,19-21,30-32H,13-18H2. The first kappa shape index (κ1) is 22.4. The molecule has 4 saturated carbocycles. The van der Waals surface area contributed by atoms with Gasteiger partial charge in [-0.3, -0.25) is 4.79 Å². The highest BCUT2D eigenvalue weighted by atomic mass is 32.3. The number of carbonyl (C=O) groups is 1. The minimum Gasteiger partial charge on any atom is -0.508 e. The van der Waals surface area contributed by atoms with Gasteiger partial charge in [0.25, 0.3) is 0 Å². The van der Waals surface area contributed by atoms with Crippen LogP contribution in [0.25, 0.3) is 0 Å². The van der Waals surface area contributed by atoms with Crippen molar-refractivity contribution in [2.75, 3.05) is 0 Å². The van der Waals surface area contributed by atoms with Crippen LogP contribution in [0.4, 0.5) is 0 Å². The molecule has 0 spiro atoms. The maximum atomic E-state index is 14.3. The Morgan fingerprint density at radius 1 is 0.629 bits per heavy atom. The van der Waals surface area contributed by atoms with Crippen molar-refractivity contribution in [3.8, 4) is 17.2 Å². The minimum atomic E-state index is -2.56. The largest absolute Gasteiger partial charge is 0.508 e. The Bertz CT molecular complexity index is 1090. The van der Waals surface area contributed by atoms with Crippen LogP contribution in [-0.4, -0.2) is 21.3 Å². The van der Waals surface area contributed by atoms with Crippen LogP contribution in [0.3, 0.4) is 0 Å². The fourth-order valence-electron chi connectivity index (χ4n) is 7.03. The van der Waals surface area contributed by atoms with Crippen LogP contribution in [0.15, 0.2) is 87.5 Å². The van der Waals surface area contributed by atoms with Crippen molar-refractivity contribution < 1.29 is 24.3 Å². The van der Waals surface area contributed by atoms with Gasteiger partial charge in [0.15, 0.2) is 0 Å². The van der Waals surface area contributed by atoms with Crippen molar-refractivity contribution in [3.63, 3.8) is 0 Å². The average molecular weight is 491 g/mol. The molecule has 0 amide bonds. The zero-order chi connectivity index (χ0) is 24.2. The van der Waals surface area contributed by atoms with Crippen molar-refractivity contribution in [1.29, 1.82) is 0 Å². The Hall–Kier alpha value is -3.12.